The lowest BCUT2D eigenvalue weighted by Crippen LogP contribution is -2.61. The Bertz CT molecular complexity index is 1730. The van der Waals surface area contributed by atoms with Crippen molar-refractivity contribution in [3.63, 3.8) is 0 Å². The highest BCUT2D eigenvalue weighted by Crippen LogP contribution is 2.26. The van der Waals surface area contributed by atoms with E-state index in [1.165, 1.54) is 0 Å². The third-order valence-corrected chi connectivity index (χ3v) is 11.5. The first-order chi connectivity index (χ1) is 35.6. The van der Waals surface area contributed by atoms with E-state index in [1.54, 1.807) is 0 Å². The second-order valence-electron chi connectivity index (χ2n) is 18.1. The first-order valence-corrected chi connectivity index (χ1v) is 27.5. The molecule has 1 aliphatic heterocycles. The maximum absolute atomic E-state index is 13.1. The molecule has 0 aliphatic carbocycles. The van der Waals surface area contributed by atoms with Crippen LogP contribution in [0.3, 0.4) is 0 Å². The van der Waals surface area contributed by atoms with E-state index in [0.717, 1.165) is 128 Å². The Kier molecular flexibility index (Phi) is 43.6. The van der Waals surface area contributed by atoms with Crippen LogP contribution in [0.5, 0.6) is 0 Å². The number of hydrogen-bond donors (Lipinski definition) is 3. The van der Waals surface area contributed by atoms with E-state index < -0.39 is 67.3 Å². The summed E-state index contributed by atoms with van der Waals surface area (Å²) in [5.41, 5.74) is 0. The van der Waals surface area contributed by atoms with Gasteiger partial charge in [-0.15, -0.1) is 0 Å². The van der Waals surface area contributed by atoms with E-state index in [9.17, 15) is 34.5 Å². The zero-order valence-corrected chi connectivity index (χ0v) is 44.8. The molecule has 0 aromatic heterocycles. The summed E-state index contributed by atoms with van der Waals surface area (Å²) in [7, 11) is 0. The number of allylic oxidation sites excluding steroid dienone is 20. The van der Waals surface area contributed by atoms with E-state index in [-0.39, 0.29) is 25.9 Å². The molecule has 1 rings (SSSR count). The van der Waals surface area contributed by atoms with Gasteiger partial charge in [0.2, 0.25) is 0 Å². The quantitative estimate of drug-likeness (QED) is 0.0228. The van der Waals surface area contributed by atoms with Crippen molar-refractivity contribution >= 4 is 23.9 Å². The Morgan fingerprint density at radius 1 is 0.452 bits per heavy atom. The molecule has 3 N–H and O–H groups in total. The molecule has 73 heavy (non-hydrogen) atoms. The first-order valence-electron chi connectivity index (χ1n) is 27.5. The van der Waals surface area contributed by atoms with Crippen LogP contribution in [0.2, 0.25) is 0 Å². The standard InChI is InChI=1S/C61H94O12/c1-4-7-10-13-16-19-22-25-26-27-28-31-34-37-40-43-46-49-55(64)72-59-57(66)56(65)58(60(67)68)73-61(59)70-51-52(71-54(63)48-45-42-39-36-33-30-24-21-18-15-12-9-6-3)50-69-53(62)47-44-41-38-35-32-29-23-20-17-14-11-8-5-2/h7-12,16-21,25-26,28-33,52,56-59,61,65-66H,4-6,13-15,22-24,27,34-51H2,1-3H3,(H,67,68)/b10-7-,11-8-,12-9-,19-16-,20-17-,21-18-,26-25-,31-28-,32-29-,33-30-. The fourth-order valence-corrected chi connectivity index (χ4v) is 7.38. The van der Waals surface area contributed by atoms with Crippen LogP contribution >= 0.6 is 0 Å². The van der Waals surface area contributed by atoms with Crippen molar-refractivity contribution in [1.29, 1.82) is 0 Å². The minimum atomic E-state index is -1.93. The van der Waals surface area contributed by atoms with Crippen molar-refractivity contribution in [3.05, 3.63) is 122 Å². The van der Waals surface area contributed by atoms with Crippen molar-refractivity contribution in [3.8, 4) is 0 Å². The summed E-state index contributed by atoms with van der Waals surface area (Å²) in [5, 5.41) is 31.4. The summed E-state index contributed by atoms with van der Waals surface area (Å²) in [4.78, 5) is 51.0. The van der Waals surface area contributed by atoms with E-state index in [0.29, 0.717) is 19.3 Å². The van der Waals surface area contributed by atoms with Crippen LogP contribution in [-0.2, 0) is 42.9 Å². The van der Waals surface area contributed by atoms with Gasteiger partial charge in [0.05, 0.1) is 6.61 Å². The average Bonchev–Trinajstić information content (AvgIpc) is 3.37. The lowest BCUT2D eigenvalue weighted by Gasteiger charge is -2.40. The van der Waals surface area contributed by atoms with Crippen LogP contribution < -0.4 is 0 Å². The summed E-state index contributed by atoms with van der Waals surface area (Å²) < 4.78 is 28.3. The fourth-order valence-electron chi connectivity index (χ4n) is 7.38. The van der Waals surface area contributed by atoms with Gasteiger partial charge in [-0.1, -0.05) is 168 Å². The molecule has 1 aliphatic rings. The van der Waals surface area contributed by atoms with Gasteiger partial charge in [-0.3, -0.25) is 14.4 Å². The number of aliphatic hydroxyl groups excluding tert-OH is 2. The minimum Gasteiger partial charge on any atom is -0.479 e. The van der Waals surface area contributed by atoms with Gasteiger partial charge in [0, 0.05) is 19.3 Å². The second-order valence-corrected chi connectivity index (χ2v) is 18.1. The van der Waals surface area contributed by atoms with Crippen LogP contribution in [0.4, 0.5) is 0 Å². The Morgan fingerprint density at radius 2 is 0.822 bits per heavy atom. The second kappa shape index (κ2) is 48.1. The molecule has 0 bridgehead atoms. The molecule has 0 amide bonds. The monoisotopic (exact) mass is 1020 g/mol. The highest BCUT2D eigenvalue weighted by atomic mass is 16.7. The van der Waals surface area contributed by atoms with Gasteiger partial charge in [0.25, 0.3) is 0 Å². The molecule has 6 unspecified atom stereocenters. The Balaban J connectivity index is 2.77. The number of rotatable bonds is 44. The van der Waals surface area contributed by atoms with Crippen molar-refractivity contribution in [2.75, 3.05) is 13.2 Å². The van der Waals surface area contributed by atoms with Crippen molar-refractivity contribution in [2.24, 2.45) is 0 Å². The molecule has 0 aromatic carbocycles. The van der Waals surface area contributed by atoms with Crippen LogP contribution in [0, 0.1) is 0 Å². The number of unbranched alkanes of at least 4 members (excludes halogenated alkanes) is 10. The van der Waals surface area contributed by atoms with Crippen molar-refractivity contribution < 1.29 is 58.2 Å². The lowest BCUT2D eigenvalue weighted by atomic mass is 9.98. The smallest absolute Gasteiger partial charge is 0.335 e. The summed E-state index contributed by atoms with van der Waals surface area (Å²) in [6.07, 6.45) is 53.2. The largest absolute Gasteiger partial charge is 0.479 e. The molecule has 0 aromatic rings. The zero-order valence-electron chi connectivity index (χ0n) is 44.8. The van der Waals surface area contributed by atoms with Gasteiger partial charge in [0.15, 0.2) is 24.6 Å². The minimum absolute atomic E-state index is 0.0190. The number of carbonyl (C=O) groups excluding carboxylic acids is 3. The van der Waals surface area contributed by atoms with Crippen molar-refractivity contribution in [1.82, 2.24) is 0 Å². The summed E-state index contributed by atoms with van der Waals surface area (Å²) in [6.45, 7) is 5.55. The average molecular weight is 1020 g/mol. The Morgan fingerprint density at radius 3 is 1.25 bits per heavy atom. The molecule has 6 atom stereocenters. The SMILES string of the molecule is CC/C=C\C/C=C\C/C=C\C/C=C\CCCCCCC(=O)OC1C(OCC(COC(=O)CCCCC/C=C\C/C=C\C/C=C\CC)OC(=O)CCCCC/C=C\C/C=C\C/C=C\CC)OC(C(=O)O)C(O)C1O. The summed E-state index contributed by atoms with van der Waals surface area (Å²) >= 11 is 0. The van der Waals surface area contributed by atoms with E-state index in [2.05, 4.69) is 142 Å². The molecule has 0 saturated carbocycles. The topological polar surface area (TPSA) is 175 Å². The number of hydrogen-bond acceptors (Lipinski definition) is 11. The maximum Gasteiger partial charge on any atom is 0.335 e. The number of ether oxygens (including phenoxy) is 5. The van der Waals surface area contributed by atoms with Crippen LogP contribution in [0.25, 0.3) is 0 Å². The molecule has 0 radical (unpaired) electrons. The fraction of sp³-hybridized carbons (Fsp3) is 0.607. The number of carboxylic acid groups (broad SMARTS) is 1. The number of aliphatic hydroxyl groups is 2. The molecule has 1 fully saturated rings. The Hall–Kier alpha value is -4.88. The predicted octanol–water partition coefficient (Wildman–Crippen LogP) is 13.7. The number of carbonyl (C=O) groups is 4. The van der Waals surface area contributed by atoms with Crippen LogP contribution in [0.1, 0.15) is 188 Å². The van der Waals surface area contributed by atoms with E-state index in [1.807, 2.05) is 0 Å². The molecule has 12 nitrogen and oxygen atoms in total. The molecule has 1 heterocycles. The van der Waals surface area contributed by atoms with Crippen molar-refractivity contribution in [2.45, 2.75) is 225 Å². The Labute approximate surface area is 439 Å². The predicted molar refractivity (Wildman–Crippen MR) is 293 cm³/mol. The van der Waals surface area contributed by atoms with Gasteiger partial charge in [-0.2, -0.15) is 0 Å². The molecule has 0 spiro atoms. The summed E-state index contributed by atoms with van der Waals surface area (Å²) in [6, 6.07) is 0. The van der Waals surface area contributed by atoms with Crippen LogP contribution in [-0.4, -0.2) is 89.2 Å². The molecule has 12 heteroatoms. The van der Waals surface area contributed by atoms with Gasteiger partial charge >= 0.3 is 23.9 Å². The number of aliphatic carboxylic acids is 1. The maximum atomic E-state index is 13.1. The number of carboxylic acids is 1. The highest BCUT2D eigenvalue weighted by Gasteiger charge is 2.50. The van der Waals surface area contributed by atoms with E-state index >= 15 is 0 Å². The highest BCUT2D eigenvalue weighted by molar-refractivity contribution is 5.74. The summed E-state index contributed by atoms with van der Waals surface area (Å²) in [5.74, 6) is -3.26. The van der Waals surface area contributed by atoms with E-state index in [4.69, 9.17) is 23.7 Å². The molecular weight excluding hydrogens is 925 g/mol. The van der Waals surface area contributed by atoms with Gasteiger partial charge in [-0.05, 0) is 122 Å². The van der Waals surface area contributed by atoms with Crippen LogP contribution in [0.15, 0.2) is 122 Å². The molecule has 410 valence electrons. The van der Waals surface area contributed by atoms with Gasteiger partial charge < -0.3 is 39.0 Å². The number of esters is 3. The third-order valence-electron chi connectivity index (χ3n) is 11.5. The third kappa shape index (κ3) is 38.4. The first kappa shape index (κ1) is 66.1. The van der Waals surface area contributed by atoms with Gasteiger partial charge in [0.1, 0.15) is 18.8 Å². The lowest BCUT2D eigenvalue weighted by molar-refractivity contribution is -0.301. The molecular formula is C61H94O12. The normalized spacial score (nSPS) is 19.3. The zero-order chi connectivity index (χ0) is 53.3. The molecule has 1 saturated heterocycles. The van der Waals surface area contributed by atoms with Gasteiger partial charge in [-0.25, -0.2) is 4.79 Å².